The molecule has 3 nitrogen and oxygen atoms in total. The highest BCUT2D eigenvalue weighted by molar-refractivity contribution is 5.74. The van der Waals surface area contributed by atoms with Crippen LogP contribution in [0.25, 0.3) is 11.1 Å². The Labute approximate surface area is 115 Å². The van der Waals surface area contributed by atoms with E-state index in [0.29, 0.717) is 16.7 Å². The van der Waals surface area contributed by atoms with Crippen molar-refractivity contribution >= 4 is 0 Å². The molecule has 0 unspecified atom stereocenters. The number of phenols is 1. The van der Waals surface area contributed by atoms with E-state index in [-0.39, 0.29) is 23.7 Å². The van der Waals surface area contributed by atoms with Gasteiger partial charge in [0.2, 0.25) is 0 Å². The zero-order valence-corrected chi connectivity index (χ0v) is 10.8. The van der Waals surface area contributed by atoms with Gasteiger partial charge in [0, 0.05) is 11.1 Å². The van der Waals surface area contributed by atoms with Gasteiger partial charge in [0.15, 0.2) is 11.5 Å². The summed E-state index contributed by atoms with van der Waals surface area (Å²) in [5, 5.41) is 19.3. The molecule has 0 amide bonds. The molecule has 0 atom stereocenters. The van der Waals surface area contributed by atoms with Crippen LogP contribution in [-0.4, -0.2) is 17.3 Å². The number of rotatable bonds is 4. The van der Waals surface area contributed by atoms with Crippen molar-refractivity contribution in [2.45, 2.75) is 13.0 Å². The first-order valence-corrected chi connectivity index (χ1v) is 5.96. The van der Waals surface area contributed by atoms with Crippen LogP contribution < -0.4 is 4.74 Å². The van der Waals surface area contributed by atoms with Crippen LogP contribution in [0.3, 0.4) is 0 Å². The Bertz CT molecular complexity index is 595. The third-order valence-corrected chi connectivity index (χ3v) is 3.01. The molecule has 0 spiro atoms. The zero-order valence-electron chi connectivity index (χ0n) is 10.8. The summed E-state index contributed by atoms with van der Waals surface area (Å²) >= 11 is 0. The van der Waals surface area contributed by atoms with Crippen LogP contribution in [0.15, 0.2) is 36.4 Å². The number of aromatic hydroxyl groups is 1. The maximum atomic E-state index is 12.5. The van der Waals surface area contributed by atoms with Crippen molar-refractivity contribution in [3.05, 3.63) is 47.5 Å². The normalized spacial score (nSPS) is 10.8. The van der Waals surface area contributed by atoms with Gasteiger partial charge in [0.05, 0.1) is 13.7 Å². The molecule has 0 saturated heterocycles. The third-order valence-electron chi connectivity index (χ3n) is 3.01. The molecule has 0 aromatic heterocycles. The molecule has 0 aliphatic heterocycles. The molecule has 0 aliphatic carbocycles. The lowest BCUT2D eigenvalue weighted by atomic mass is 10.00. The van der Waals surface area contributed by atoms with Gasteiger partial charge in [-0.05, 0) is 23.3 Å². The molecule has 0 bridgehead atoms. The first kappa shape index (κ1) is 14.3. The van der Waals surface area contributed by atoms with Crippen LogP contribution in [-0.2, 0) is 6.61 Å². The second kappa shape index (κ2) is 5.88. The molecule has 0 radical (unpaired) electrons. The summed E-state index contributed by atoms with van der Waals surface area (Å²) < 4.78 is 30.1. The van der Waals surface area contributed by atoms with Gasteiger partial charge in [-0.15, -0.1) is 0 Å². The molecule has 0 saturated carbocycles. The van der Waals surface area contributed by atoms with Crippen LogP contribution >= 0.6 is 0 Å². The van der Waals surface area contributed by atoms with Gasteiger partial charge in [0.1, 0.15) is 0 Å². The fraction of sp³-hybridized carbons (Fsp3) is 0.200. The van der Waals surface area contributed by atoms with Crippen molar-refractivity contribution in [1.29, 1.82) is 0 Å². The molecule has 5 heteroatoms. The van der Waals surface area contributed by atoms with Crippen LogP contribution in [0.1, 0.15) is 17.6 Å². The summed E-state index contributed by atoms with van der Waals surface area (Å²) in [6.07, 6.45) is -2.53. The van der Waals surface area contributed by atoms with Crippen molar-refractivity contribution in [2.24, 2.45) is 0 Å². The van der Waals surface area contributed by atoms with Gasteiger partial charge in [-0.3, -0.25) is 0 Å². The Hall–Kier alpha value is -2.14. The number of alkyl halides is 2. The van der Waals surface area contributed by atoms with E-state index in [2.05, 4.69) is 0 Å². The van der Waals surface area contributed by atoms with Gasteiger partial charge in [0.25, 0.3) is 6.43 Å². The van der Waals surface area contributed by atoms with E-state index >= 15 is 0 Å². The average molecular weight is 280 g/mol. The Morgan fingerprint density at radius 1 is 1.15 bits per heavy atom. The number of aliphatic hydroxyl groups excluding tert-OH is 1. The fourth-order valence-corrected chi connectivity index (χ4v) is 1.94. The van der Waals surface area contributed by atoms with E-state index in [1.54, 1.807) is 6.07 Å². The number of hydrogen-bond donors (Lipinski definition) is 2. The van der Waals surface area contributed by atoms with Gasteiger partial charge in [-0.2, -0.15) is 0 Å². The van der Waals surface area contributed by atoms with Crippen molar-refractivity contribution in [1.82, 2.24) is 0 Å². The third kappa shape index (κ3) is 2.72. The zero-order chi connectivity index (χ0) is 14.7. The highest BCUT2D eigenvalue weighted by Crippen LogP contribution is 2.38. The molecule has 2 N–H and O–H groups in total. The lowest BCUT2D eigenvalue weighted by Gasteiger charge is -2.12. The highest BCUT2D eigenvalue weighted by atomic mass is 19.3. The standard InChI is InChI=1S/C15H14F2O3/c1-20-13-7-9(8-18)6-12(14(13)19)10-2-4-11(5-3-10)15(16)17/h2-7,15,18-19H,8H2,1H3. The summed E-state index contributed by atoms with van der Waals surface area (Å²) in [6, 6.07) is 8.71. The van der Waals surface area contributed by atoms with E-state index in [0.717, 1.165) is 0 Å². The molecule has 0 aliphatic rings. The largest absolute Gasteiger partial charge is 0.504 e. The fourth-order valence-electron chi connectivity index (χ4n) is 1.94. The number of ether oxygens (including phenoxy) is 1. The van der Waals surface area contributed by atoms with Crippen LogP contribution in [0.2, 0.25) is 0 Å². The Kier molecular flexibility index (Phi) is 4.20. The number of hydrogen-bond acceptors (Lipinski definition) is 3. The van der Waals surface area contributed by atoms with Gasteiger partial charge >= 0.3 is 0 Å². The summed E-state index contributed by atoms with van der Waals surface area (Å²) in [7, 11) is 1.40. The van der Waals surface area contributed by atoms with Crippen molar-refractivity contribution < 1.29 is 23.7 Å². The molecule has 0 heterocycles. The predicted octanol–water partition coefficient (Wildman–Crippen LogP) is 3.50. The molecule has 106 valence electrons. The Morgan fingerprint density at radius 2 is 1.80 bits per heavy atom. The summed E-state index contributed by atoms with van der Waals surface area (Å²) in [5.74, 6) is 0.138. The molecular weight excluding hydrogens is 266 g/mol. The minimum atomic E-state index is -2.53. The van der Waals surface area contributed by atoms with Crippen LogP contribution in [0.5, 0.6) is 11.5 Å². The van der Waals surface area contributed by atoms with E-state index in [4.69, 9.17) is 4.74 Å². The quantitative estimate of drug-likeness (QED) is 0.901. The molecule has 0 fully saturated rings. The predicted molar refractivity (Wildman–Crippen MR) is 71.0 cm³/mol. The second-order valence-corrected chi connectivity index (χ2v) is 4.28. The number of halogens is 2. The monoisotopic (exact) mass is 280 g/mol. The Balaban J connectivity index is 2.50. The maximum absolute atomic E-state index is 12.5. The second-order valence-electron chi connectivity index (χ2n) is 4.28. The Morgan fingerprint density at radius 3 is 2.30 bits per heavy atom. The minimum Gasteiger partial charge on any atom is -0.504 e. The highest BCUT2D eigenvalue weighted by Gasteiger charge is 2.13. The number of methoxy groups -OCH3 is 1. The smallest absolute Gasteiger partial charge is 0.263 e. The van der Waals surface area contributed by atoms with Crippen molar-refractivity contribution in [3.8, 4) is 22.6 Å². The summed E-state index contributed by atoms with van der Waals surface area (Å²) in [6.45, 7) is -0.210. The summed E-state index contributed by atoms with van der Waals surface area (Å²) in [5.41, 5.74) is 1.47. The minimum absolute atomic E-state index is 0.0847. The summed E-state index contributed by atoms with van der Waals surface area (Å²) in [4.78, 5) is 0. The maximum Gasteiger partial charge on any atom is 0.263 e. The molecular formula is C15H14F2O3. The lowest BCUT2D eigenvalue weighted by molar-refractivity contribution is 0.151. The topological polar surface area (TPSA) is 49.7 Å². The molecule has 20 heavy (non-hydrogen) atoms. The van der Waals surface area contributed by atoms with Crippen LogP contribution in [0.4, 0.5) is 8.78 Å². The van der Waals surface area contributed by atoms with E-state index in [1.807, 2.05) is 0 Å². The SMILES string of the molecule is COc1cc(CO)cc(-c2ccc(C(F)F)cc2)c1O. The number of benzene rings is 2. The first-order chi connectivity index (χ1) is 9.56. The van der Waals surface area contributed by atoms with E-state index in [1.165, 1.54) is 37.4 Å². The van der Waals surface area contributed by atoms with Crippen LogP contribution in [0, 0.1) is 0 Å². The number of phenolic OH excluding ortho intramolecular Hbond substituents is 1. The first-order valence-electron chi connectivity index (χ1n) is 5.96. The van der Waals surface area contributed by atoms with E-state index < -0.39 is 6.43 Å². The van der Waals surface area contributed by atoms with E-state index in [9.17, 15) is 19.0 Å². The van der Waals surface area contributed by atoms with Gasteiger partial charge in [-0.1, -0.05) is 24.3 Å². The lowest BCUT2D eigenvalue weighted by Crippen LogP contribution is -1.92. The van der Waals surface area contributed by atoms with Crippen molar-refractivity contribution in [3.63, 3.8) is 0 Å². The van der Waals surface area contributed by atoms with Gasteiger partial charge in [-0.25, -0.2) is 8.78 Å². The van der Waals surface area contributed by atoms with Crippen molar-refractivity contribution in [2.75, 3.05) is 7.11 Å². The van der Waals surface area contributed by atoms with Gasteiger partial charge < -0.3 is 14.9 Å². The molecule has 2 aromatic rings. The average Bonchev–Trinajstić information content (AvgIpc) is 2.47. The molecule has 2 aromatic carbocycles. The number of aliphatic hydroxyl groups is 1. The molecule has 2 rings (SSSR count).